The first-order chi connectivity index (χ1) is 8.82. The van der Waals surface area contributed by atoms with Crippen molar-refractivity contribution in [3.05, 3.63) is 29.3 Å². The van der Waals surface area contributed by atoms with E-state index in [2.05, 4.69) is 0 Å². The summed E-state index contributed by atoms with van der Waals surface area (Å²) in [6.45, 7) is 1.82. The van der Waals surface area contributed by atoms with Crippen molar-refractivity contribution in [1.29, 1.82) is 0 Å². The van der Waals surface area contributed by atoms with E-state index in [1.165, 1.54) is 24.3 Å². The number of carbonyl (C=O) groups is 1. The molecule has 0 radical (unpaired) electrons. The second-order valence-electron chi connectivity index (χ2n) is 4.45. The Morgan fingerprint density at radius 3 is 2.58 bits per heavy atom. The lowest BCUT2D eigenvalue weighted by atomic mass is 10.3. The number of carbonyl (C=O) groups excluding carboxylic acids is 1. The van der Waals surface area contributed by atoms with Crippen LogP contribution in [0.15, 0.2) is 29.2 Å². The molecule has 0 spiro atoms. The molecule has 7 heteroatoms. The van der Waals surface area contributed by atoms with E-state index in [1.807, 2.05) is 0 Å². The van der Waals surface area contributed by atoms with E-state index in [4.69, 9.17) is 22.1 Å². The van der Waals surface area contributed by atoms with Crippen LogP contribution in [0.3, 0.4) is 0 Å². The summed E-state index contributed by atoms with van der Waals surface area (Å²) in [5, 5.41) is -0.487. The molecule has 0 saturated heterocycles. The van der Waals surface area contributed by atoms with Crippen LogP contribution in [0.2, 0.25) is 5.02 Å². The van der Waals surface area contributed by atoms with Gasteiger partial charge in [-0.25, -0.2) is 8.42 Å². The third-order valence-corrected chi connectivity index (χ3v) is 5.63. The summed E-state index contributed by atoms with van der Waals surface area (Å²) in [7, 11) is -3.64. The zero-order valence-electron chi connectivity index (χ0n) is 10.3. The van der Waals surface area contributed by atoms with Crippen molar-refractivity contribution in [3.63, 3.8) is 0 Å². The van der Waals surface area contributed by atoms with Gasteiger partial charge in [-0.15, -0.1) is 0 Å². The van der Waals surface area contributed by atoms with Gasteiger partial charge in [-0.2, -0.15) is 0 Å². The van der Waals surface area contributed by atoms with Crippen molar-refractivity contribution >= 4 is 27.4 Å². The standard InChI is InChI=1S/C12H14ClNO4S/c1-2-18-11(15)12(14)7-10(12)19(16,17)9-5-3-8(13)4-6-9/h3-6,10H,2,7,14H2,1H3. The van der Waals surface area contributed by atoms with Crippen LogP contribution in [0.1, 0.15) is 13.3 Å². The lowest BCUT2D eigenvalue weighted by molar-refractivity contribution is -0.145. The average molecular weight is 304 g/mol. The van der Waals surface area contributed by atoms with Gasteiger partial charge in [0.05, 0.1) is 16.8 Å². The summed E-state index contributed by atoms with van der Waals surface area (Å²) in [6, 6.07) is 5.78. The molecule has 1 aliphatic rings. The van der Waals surface area contributed by atoms with Gasteiger partial charge >= 0.3 is 5.97 Å². The highest BCUT2D eigenvalue weighted by Gasteiger charge is 2.65. The molecular formula is C12H14ClNO4S. The molecule has 1 saturated carbocycles. The van der Waals surface area contributed by atoms with E-state index < -0.39 is 26.6 Å². The van der Waals surface area contributed by atoms with Gasteiger partial charge in [0, 0.05) is 5.02 Å². The van der Waals surface area contributed by atoms with Gasteiger partial charge in [-0.3, -0.25) is 4.79 Å². The Balaban J connectivity index is 2.24. The van der Waals surface area contributed by atoms with Crippen molar-refractivity contribution in [3.8, 4) is 0 Å². The maximum Gasteiger partial charge on any atom is 0.327 e. The molecular weight excluding hydrogens is 290 g/mol. The van der Waals surface area contributed by atoms with Crippen LogP contribution in [-0.2, 0) is 19.4 Å². The minimum Gasteiger partial charge on any atom is -0.465 e. The third kappa shape index (κ3) is 2.48. The van der Waals surface area contributed by atoms with Crippen LogP contribution in [0.25, 0.3) is 0 Å². The summed E-state index contributed by atoms with van der Waals surface area (Å²) in [4.78, 5) is 11.7. The van der Waals surface area contributed by atoms with Gasteiger partial charge in [0.25, 0.3) is 0 Å². The molecule has 0 heterocycles. The average Bonchev–Trinajstić information content (AvgIpc) is 3.05. The smallest absolute Gasteiger partial charge is 0.327 e. The summed E-state index contributed by atoms with van der Waals surface area (Å²) in [5.41, 5.74) is 4.37. The third-order valence-electron chi connectivity index (χ3n) is 3.11. The fourth-order valence-electron chi connectivity index (χ4n) is 1.90. The van der Waals surface area contributed by atoms with Crippen molar-refractivity contribution in [2.45, 2.75) is 29.0 Å². The first-order valence-electron chi connectivity index (χ1n) is 5.78. The van der Waals surface area contributed by atoms with Crippen LogP contribution in [0, 0.1) is 0 Å². The molecule has 2 rings (SSSR count). The minimum atomic E-state index is -3.64. The van der Waals surface area contributed by atoms with Crippen LogP contribution in [-0.4, -0.2) is 31.8 Å². The molecule has 2 atom stereocenters. The highest BCUT2D eigenvalue weighted by Crippen LogP contribution is 2.43. The Morgan fingerprint density at radius 2 is 2.05 bits per heavy atom. The van der Waals surface area contributed by atoms with Gasteiger partial charge in [0.1, 0.15) is 5.54 Å². The predicted molar refractivity (Wildman–Crippen MR) is 70.6 cm³/mol. The SMILES string of the molecule is CCOC(=O)C1(N)CC1S(=O)(=O)c1ccc(Cl)cc1. The van der Waals surface area contributed by atoms with Crippen LogP contribution in [0.4, 0.5) is 0 Å². The van der Waals surface area contributed by atoms with E-state index >= 15 is 0 Å². The number of hydrogen-bond donors (Lipinski definition) is 1. The number of benzene rings is 1. The molecule has 2 unspecified atom stereocenters. The van der Waals surface area contributed by atoms with E-state index in [9.17, 15) is 13.2 Å². The second kappa shape index (κ2) is 4.77. The van der Waals surface area contributed by atoms with Crippen molar-refractivity contribution in [2.24, 2.45) is 5.73 Å². The molecule has 1 fully saturated rings. The van der Waals surface area contributed by atoms with Crippen LogP contribution >= 0.6 is 11.6 Å². The highest BCUT2D eigenvalue weighted by molar-refractivity contribution is 7.92. The number of halogens is 1. The molecule has 0 aromatic heterocycles. The quantitative estimate of drug-likeness (QED) is 0.843. The zero-order valence-corrected chi connectivity index (χ0v) is 11.9. The molecule has 104 valence electrons. The lowest BCUT2D eigenvalue weighted by Gasteiger charge is -2.10. The van der Waals surface area contributed by atoms with Crippen molar-refractivity contribution < 1.29 is 17.9 Å². The number of sulfone groups is 1. The number of nitrogens with two attached hydrogens (primary N) is 1. The minimum absolute atomic E-state index is 0.0802. The molecule has 0 amide bonds. The number of esters is 1. The Bertz CT molecular complexity index is 599. The highest BCUT2D eigenvalue weighted by atomic mass is 35.5. The number of hydrogen-bond acceptors (Lipinski definition) is 5. The van der Waals surface area contributed by atoms with Gasteiger partial charge in [-0.05, 0) is 37.6 Å². The monoisotopic (exact) mass is 303 g/mol. The molecule has 1 aromatic rings. The van der Waals surface area contributed by atoms with Crippen molar-refractivity contribution in [2.75, 3.05) is 6.61 Å². The molecule has 5 nitrogen and oxygen atoms in total. The summed E-state index contributed by atoms with van der Waals surface area (Å²) < 4.78 is 29.4. The Kier molecular flexibility index (Phi) is 3.59. The van der Waals surface area contributed by atoms with Gasteiger partial charge in [-0.1, -0.05) is 11.6 Å². The normalized spacial score (nSPS) is 25.9. The molecule has 1 aromatic carbocycles. The molecule has 2 N–H and O–H groups in total. The first kappa shape index (κ1) is 14.3. The maximum atomic E-state index is 12.3. The molecule has 19 heavy (non-hydrogen) atoms. The van der Waals surface area contributed by atoms with Gasteiger partial charge in [0.15, 0.2) is 9.84 Å². The topological polar surface area (TPSA) is 86.5 Å². The van der Waals surface area contributed by atoms with E-state index in [0.29, 0.717) is 5.02 Å². The summed E-state index contributed by atoms with van der Waals surface area (Å²) in [6.07, 6.45) is 0.0802. The predicted octanol–water partition coefficient (Wildman–Crippen LogP) is 1.15. The summed E-state index contributed by atoms with van der Waals surface area (Å²) >= 11 is 5.71. The fraction of sp³-hybridized carbons (Fsp3) is 0.417. The largest absolute Gasteiger partial charge is 0.465 e. The van der Waals surface area contributed by atoms with Gasteiger partial charge < -0.3 is 10.5 Å². The second-order valence-corrected chi connectivity index (χ2v) is 7.02. The first-order valence-corrected chi connectivity index (χ1v) is 7.70. The van der Waals surface area contributed by atoms with E-state index in [0.717, 1.165) is 0 Å². The van der Waals surface area contributed by atoms with Gasteiger partial charge in [0.2, 0.25) is 0 Å². The van der Waals surface area contributed by atoms with Crippen molar-refractivity contribution in [1.82, 2.24) is 0 Å². The Labute approximate surface area is 116 Å². The van der Waals surface area contributed by atoms with Crippen LogP contribution in [0.5, 0.6) is 0 Å². The van der Waals surface area contributed by atoms with E-state index in [1.54, 1.807) is 6.92 Å². The molecule has 0 bridgehead atoms. The summed E-state index contributed by atoms with van der Waals surface area (Å²) in [5.74, 6) is -0.669. The lowest BCUT2D eigenvalue weighted by Crippen LogP contribution is -2.40. The number of rotatable bonds is 4. The molecule has 0 aliphatic heterocycles. The Hall–Kier alpha value is -1.11. The Morgan fingerprint density at radius 1 is 1.47 bits per heavy atom. The van der Waals surface area contributed by atoms with Crippen LogP contribution < -0.4 is 5.73 Å². The fourth-order valence-corrected chi connectivity index (χ4v) is 4.02. The molecule has 1 aliphatic carbocycles. The zero-order chi connectivity index (χ0) is 14.3. The number of ether oxygens (including phenoxy) is 1. The maximum absolute atomic E-state index is 12.3. The van der Waals surface area contributed by atoms with E-state index in [-0.39, 0.29) is 17.9 Å².